The number of benzene rings is 3. The number of anilines is 2. The average Bonchev–Trinajstić information content (AvgIpc) is 2.73. The molecule has 0 N–H and O–H groups in total. The second-order valence-electron chi connectivity index (χ2n) is 6.54. The molecule has 0 unspecified atom stereocenters. The molecule has 8 heteroatoms. The molecule has 0 heterocycles. The molecule has 0 saturated carbocycles. The van der Waals surface area contributed by atoms with Crippen molar-refractivity contribution in [3.05, 3.63) is 77.9 Å². The van der Waals surface area contributed by atoms with Crippen LogP contribution in [-0.4, -0.2) is 26.2 Å². The van der Waals surface area contributed by atoms with E-state index in [-0.39, 0.29) is 12.3 Å². The van der Waals surface area contributed by atoms with Gasteiger partial charge in [-0.3, -0.25) is 0 Å². The molecule has 0 amide bonds. The maximum atomic E-state index is 15.0. The molecule has 0 aliphatic heterocycles. The van der Waals surface area contributed by atoms with Crippen molar-refractivity contribution in [2.45, 2.75) is 6.92 Å². The van der Waals surface area contributed by atoms with Crippen LogP contribution in [0.5, 0.6) is 5.75 Å². The van der Waals surface area contributed by atoms with Gasteiger partial charge in [0.2, 0.25) is 0 Å². The van der Waals surface area contributed by atoms with Gasteiger partial charge in [0, 0.05) is 7.05 Å². The Morgan fingerprint density at radius 3 is 2.35 bits per heavy atom. The van der Waals surface area contributed by atoms with Gasteiger partial charge in [0.1, 0.15) is 23.1 Å². The SMILES string of the molecule is CCOC(=O)COc1ccc(F)c(N(C)c2cc(-c3cccc(F)c3)ccc2F)c1F. The highest BCUT2D eigenvalue weighted by molar-refractivity contribution is 5.74. The maximum Gasteiger partial charge on any atom is 0.344 e. The summed E-state index contributed by atoms with van der Waals surface area (Å²) in [6.45, 7) is 1.17. The third-order valence-corrected chi connectivity index (χ3v) is 4.48. The minimum Gasteiger partial charge on any atom is -0.479 e. The van der Waals surface area contributed by atoms with Crippen molar-refractivity contribution < 1.29 is 31.8 Å². The molecule has 0 atom stereocenters. The monoisotopic (exact) mass is 433 g/mol. The van der Waals surface area contributed by atoms with Gasteiger partial charge in [-0.2, -0.15) is 0 Å². The molecular formula is C23H19F4NO3. The fraction of sp³-hybridized carbons (Fsp3) is 0.174. The van der Waals surface area contributed by atoms with Crippen molar-refractivity contribution in [1.82, 2.24) is 0 Å². The molecular weight excluding hydrogens is 414 g/mol. The first kappa shape index (κ1) is 22.1. The van der Waals surface area contributed by atoms with Crippen LogP contribution in [0.15, 0.2) is 54.6 Å². The molecule has 0 spiro atoms. The molecule has 4 nitrogen and oxygen atoms in total. The zero-order chi connectivity index (χ0) is 22.5. The number of hydrogen-bond donors (Lipinski definition) is 0. The highest BCUT2D eigenvalue weighted by Gasteiger charge is 2.22. The van der Waals surface area contributed by atoms with Gasteiger partial charge in [0.05, 0.1) is 12.3 Å². The Morgan fingerprint density at radius 1 is 0.935 bits per heavy atom. The van der Waals surface area contributed by atoms with Crippen molar-refractivity contribution in [2.75, 3.05) is 25.2 Å². The minimum atomic E-state index is -1.11. The molecule has 0 radical (unpaired) electrons. The van der Waals surface area contributed by atoms with Crippen LogP contribution >= 0.6 is 0 Å². The zero-order valence-corrected chi connectivity index (χ0v) is 16.8. The van der Waals surface area contributed by atoms with E-state index in [9.17, 15) is 22.4 Å². The summed E-state index contributed by atoms with van der Waals surface area (Å²) in [5.74, 6) is -4.38. The third-order valence-electron chi connectivity index (χ3n) is 4.48. The number of nitrogens with zero attached hydrogens (tertiary/aromatic N) is 1. The molecule has 0 bridgehead atoms. The molecule has 0 aliphatic carbocycles. The van der Waals surface area contributed by atoms with E-state index in [0.717, 1.165) is 23.1 Å². The largest absolute Gasteiger partial charge is 0.479 e. The fourth-order valence-corrected chi connectivity index (χ4v) is 3.02. The molecule has 3 rings (SSSR count). The number of halogens is 4. The predicted octanol–water partition coefficient (Wildman–Crippen LogP) is 5.62. The standard InChI is InChI=1S/C23H19F4NO3/c1-3-30-21(29)13-31-20-10-9-18(26)23(22(20)27)28(2)19-12-15(7-8-17(19)25)14-5-4-6-16(24)11-14/h4-12H,3,13H2,1-2H3. The Morgan fingerprint density at radius 2 is 1.65 bits per heavy atom. The number of hydrogen-bond acceptors (Lipinski definition) is 4. The van der Waals surface area contributed by atoms with Crippen LogP contribution in [0.3, 0.4) is 0 Å². The normalized spacial score (nSPS) is 10.6. The smallest absolute Gasteiger partial charge is 0.344 e. The Balaban J connectivity index is 1.97. The lowest BCUT2D eigenvalue weighted by Crippen LogP contribution is -2.18. The first-order valence-electron chi connectivity index (χ1n) is 9.37. The van der Waals surface area contributed by atoms with Crippen LogP contribution in [-0.2, 0) is 9.53 Å². The van der Waals surface area contributed by atoms with E-state index >= 15 is 0 Å². The molecule has 31 heavy (non-hydrogen) atoms. The summed E-state index contributed by atoms with van der Waals surface area (Å²) < 4.78 is 67.4. The molecule has 162 valence electrons. The summed E-state index contributed by atoms with van der Waals surface area (Å²) in [4.78, 5) is 12.4. The predicted molar refractivity (Wildman–Crippen MR) is 108 cm³/mol. The first-order chi connectivity index (χ1) is 14.8. The Labute approximate surface area is 176 Å². The lowest BCUT2D eigenvalue weighted by atomic mass is 10.0. The molecule has 0 saturated heterocycles. The summed E-state index contributed by atoms with van der Waals surface area (Å²) in [5, 5.41) is 0. The highest BCUT2D eigenvalue weighted by atomic mass is 19.1. The van der Waals surface area contributed by atoms with Gasteiger partial charge in [-0.05, 0) is 54.4 Å². The van der Waals surface area contributed by atoms with Crippen LogP contribution in [0.25, 0.3) is 11.1 Å². The van der Waals surface area contributed by atoms with E-state index in [1.54, 1.807) is 13.0 Å². The van der Waals surface area contributed by atoms with Gasteiger partial charge in [0.25, 0.3) is 0 Å². The van der Waals surface area contributed by atoms with Gasteiger partial charge in [0.15, 0.2) is 18.2 Å². The zero-order valence-electron chi connectivity index (χ0n) is 16.8. The van der Waals surface area contributed by atoms with E-state index in [2.05, 4.69) is 0 Å². The summed E-state index contributed by atoms with van der Waals surface area (Å²) in [5.41, 5.74) is 0.221. The van der Waals surface area contributed by atoms with E-state index < -0.39 is 47.3 Å². The fourth-order valence-electron chi connectivity index (χ4n) is 3.02. The van der Waals surface area contributed by atoms with Crippen molar-refractivity contribution in [3.63, 3.8) is 0 Å². The number of rotatable bonds is 7. The topological polar surface area (TPSA) is 38.8 Å². The average molecular weight is 433 g/mol. The molecule has 0 aromatic heterocycles. The second kappa shape index (κ2) is 9.51. The van der Waals surface area contributed by atoms with Crippen molar-refractivity contribution in [3.8, 4) is 16.9 Å². The van der Waals surface area contributed by atoms with Gasteiger partial charge in [-0.1, -0.05) is 18.2 Å². The van der Waals surface area contributed by atoms with Gasteiger partial charge in [-0.25, -0.2) is 22.4 Å². The number of carbonyl (C=O) groups excluding carboxylic acids is 1. The van der Waals surface area contributed by atoms with E-state index in [4.69, 9.17) is 9.47 Å². The lowest BCUT2D eigenvalue weighted by molar-refractivity contribution is -0.145. The van der Waals surface area contributed by atoms with E-state index in [1.165, 1.54) is 37.4 Å². The van der Waals surface area contributed by atoms with E-state index in [0.29, 0.717) is 11.1 Å². The third kappa shape index (κ3) is 4.96. The van der Waals surface area contributed by atoms with Crippen LogP contribution in [0.1, 0.15) is 6.92 Å². The van der Waals surface area contributed by atoms with E-state index in [1.807, 2.05) is 0 Å². The quantitative estimate of drug-likeness (QED) is 0.358. The molecule has 0 aliphatic rings. The molecule has 0 fully saturated rings. The van der Waals surface area contributed by atoms with Crippen molar-refractivity contribution in [2.24, 2.45) is 0 Å². The van der Waals surface area contributed by atoms with Crippen molar-refractivity contribution >= 4 is 17.3 Å². The van der Waals surface area contributed by atoms with Crippen molar-refractivity contribution in [1.29, 1.82) is 0 Å². The van der Waals surface area contributed by atoms with Crippen LogP contribution in [0.4, 0.5) is 28.9 Å². The number of esters is 1. The van der Waals surface area contributed by atoms with Gasteiger partial charge >= 0.3 is 5.97 Å². The molecule has 3 aromatic carbocycles. The second-order valence-corrected chi connectivity index (χ2v) is 6.54. The Kier molecular flexibility index (Phi) is 6.79. The number of carbonyl (C=O) groups is 1. The first-order valence-corrected chi connectivity index (χ1v) is 9.37. The van der Waals surface area contributed by atoms with Crippen LogP contribution < -0.4 is 9.64 Å². The molecule has 3 aromatic rings. The maximum absolute atomic E-state index is 15.0. The van der Waals surface area contributed by atoms with Gasteiger partial charge < -0.3 is 14.4 Å². The summed E-state index contributed by atoms with van der Waals surface area (Å²) >= 11 is 0. The summed E-state index contributed by atoms with van der Waals surface area (Å²) in [6.07, 6.45) is 0. The Hall–Kier alpha value is -3.55. The Bertz CT molecular complexity index is 1100. The summed E-state index contributed by atoms with van der Waals surface area (Å²) in [6, 6.07) is 11.6. The van der Waals surface area contributed by atoms with Crippen LogP contribution in [0.2, 0.25) is 0 Å². The van der Waals surface area contributed by atoms with Crippen LogP contribution in [0, 0.1) is 23.3 Å². The number of ether oxygens (including phenoxy) is 2. The van der Waals surface area contributed by atoms with Gasteiger partial charge in [-0.15, -0.1) is 0 Å². The summed E-state index contributed by atoms with van der Waals surface area (Å²) in [7, 11) is 1.28. The lowest BCUT2D eigenvalue weighted by Gasteiger charge is -2.23. The minimum absolute atomic E-state index is 0.128. The highest BCUT2D eigenvalue weighted by Crippen LogP contribution is 2.36.